The number of pyridine rings is 1. The van der Waals surface area contributed by atoms with Crippen molar-refractivity contribution in [1.82, 2.24) is 9.38 Å². The Kier molecular flexibility index (Phi) is 5.64. The molecule has 6 nitrogen and oxygen atoms in total. The molecule has 0 bridgehead atoms. The highest BCUT2D eigenvalue weighted by Crippen LogP contribution is 2.34. The van der Waals surface area contributed by atoms with E-state index in [4.69, 9.17) is 21.3 Å². The van der Waals surface area contributed by atoms with Crippen molar-refractivity contribution < 1.29 is 9.84 Å². The number of methoxy groups -OCH3 is 1. The molecule has 1 fully saturated rings. The van der Waals surface area contributed by atoms with E-state index in [1.807, 2.05) is 16.8 Å². The molecule has 4 aromatic rings. The Hall–Kier alpha value is -3.22. The predicted octanol–water partition coefficient (Wildman–Crippen LogP) is 4.48. The van der Waals surface area contributed by atoms with E-state index in [0.29, 0.717) is 10.8 Å². The number of piperazine rings is 1. The van der Waals surface area contributed by atoms with Crippen LogP contribution in [0.15, 0.2) is 67.0 Å². The van der Waals surface area contributed by atoms with Gasteiger partial charge in [-0.2, -0.15) is 0 Å². The summed E-state index contributed by atoms with van der Waals surface area (Å²) >= 11 is 6.34. The van der Waals surface area contributed by atoms with Gasteiger partial charge in [0, 0.05) is 61.6 Å². The Morgan fingerprint density at radius 2 is 1.69 bits per heavy atom. The lowest BCUT2D eigenvalue weighted by molar-refractivity contribution is 0.281. The van der Waals surface area contributed by atoms with Crippen LogP contribution in [0.1, 0.15) is 5.56 Å². The molecule has 1 saturated heterocycles. The first-order chi connectivity index (χ1) is 15.7. The van der Waals surface area contributed by atoms with Crippen molar-refractivity contribution in [2.24, 2.45) is 0 Å². The maximum Gasteiger partial charge on any atom is 0.139 e. The van der Waals surface area contributed by atoms with Gasteiger partial charge >= 0.3 is 0 Å². The molecule has 1 aliphatic rings. The molecule has 2 aromatic heterocycles. The first kappa shape index (κ1) is 20.7. The van der Waals surface area contributed by atoms with E-state index < -0.39 is 0 Å². The molecule has 1 N–H and O–H groups in total. The average Bonchev–Trinajstić information content (AvgIpc) is 3.28. The molecule has 164 valence electrons. The van der Waals surface area contributed by atoms with Gasteiger partial charge in [-0.25, -0.2) is 4.98 Å². The van der Waals surface area contributed by atoms with Gasteiger partial charge in [0.1, 0.15) is 11.4 Å². The summed E-state index contributed by atoms with van der Waals surface area (Å²) in [5.41, 5.74) is 5.60. The van der Waals surface area contributed by atoms with Crippen LogP contribution in [0.25, 0.3) is 16.9 Å². The van der Waals surface area contributed by atoms with Crippen LogP contribution in [0, 0.1) is 0 Å². The summed E-state index contributed by atoms with van der Waals surface area (Å²) in [6.45, 7) is 3.77. The van der Waals surface area contributed by atoms with Gasteiger partial charge in [-0.3, -0.25) is 0 Å². The van der Waals surface area contributed by atoms with E-state index in [0.717, 1.165) is 54.3 Å². The van der Waals surface area contributed by atoms with Gasteiger partial charge in [-0.15, -0.1) is 0 Å². The Morgan fingerprint density at radius 1 is 0.969 bits per heavy atom. The summed E-state index contributed by atoms with van der Waals surface area (Å²) in [5.74, 6) is 0.542. The minimum Gasteiger partial charge on any atom is -0.495 e. The van der Waals surface area contributed by atoms with E-state index in [2.05, 4.69) is 52.3 Å². The number of benzene rings is 2. The minimum absolute atomic E-state index is 0.117. The number of rotatable bonds is 5. The lowest BCUT2D eigenvalue weighted by atomic mass is 10.1. The van der Waals surface area contributed by atoms with E-state index in [9.17, 15) is 5.11 Å². The van der Waals surface area contributed by atoms with Gasteiger partial charge in [0.15, 0.2) is 0 Å². The number of halogens is 1. The zero-order valence-corrected chi connectivity index (χ0v) is 18.7. The van der Waals surface area contributed by atoms with E-state index in [-0.39, 0.29) is 6.61 Å². The molecule has 0 aliphatic carbocycles. The molecule has 1 aliphatic heterocycles. The first-order valence-electron chi connectivity index (χ1n) is 10.7. The minimum atomic E-state index is -0.117. The highest BCUT2D eigenvalue weighted by atomic mass is 35.5. The molecular formula is C25H25ClN4O2. The van der Waals surface area contributed by atoms with E-state index in [1.54, 1.807) is 19.2 Å². The SMILES string of the molecule is COc1cc(CO)c(-c2cn3ccc(N4CCN(c5ccccc5)CC4)cc3n2)cc1Cl. The lowest BCUT2D eigenvalue weighted by Gasteiger charge is -2.37. The van der Waals surface area contributed by atoms with Crippen molar-refractivity contribution in [1.29, 1.82) is 0 Å². The maximum absolute atomic E-state index is 9.84. The van der Waals surface area contributed by atoms with Gasteiger partial charge in [0.2, 0.25) is 0 Å². The molecule has 2 aromatic carbocycles. The smallest absolute Gasteiger partial charge is 0.139 e. The van der Waals surface area contributed by atoms with Crippen molar-refractivity contribution in [2.45, 2.75) is 6.61 Å². The third-order valence-corrected chi connectivity index (χ3v) is 6.33. The molecular weight excluding hydrogens is 424 g/mol. The molecule has 32 heavy (non-hydrogen) atoms. The van der Waals surface area contributed by atoms with Crippen LogP contribution in [-0.2, 0) is 6.61 Å². The largest absolute Gasteiger partial charge is 0.495 e. The summed E-state index contributed by atoms with van der Waals surface area (Å²) in [5, 5.41) is 10.3. The summed E-state index contributed by atoms with van der Waals surface area (Å²) < 4.78 is 7.28. The normalized spacial score (nSPS) is 14.2. The fraction of sp³-hybridized carbons (Fsp3) is 0.240. The first-order valence-corrected chi connectivity index (χ1v) is 11.1. The van der Waals surface area contributed by atoms with Gasteiger partial charge < -0.3 is 24.0 Å². The number of aliphatic hydroxyl groups is 1. The number of aliphatic hydroxyl groups excluding tert-OH is 1. The second-order valence-electron chi connectivity index (χ2n) is 7.89. The molecule has 7 heteroatoms. The molecule has 0 radical (unpaired) electrons. The maximum atomic E-state index is 9.84. The van der Waals surface area contributed by atoms with Gasteiger partial charge in [-0.05, 0) is 35.9 Å². The quantitative estimate of drug-likeness (QED) is 0.487. The number of para-hydroxylation sites is 1. The highest BCUT2D eigenvalue weighted by Gasteiger charge is 2.19. The molecule has 0 amide bonds. The van der Waals surface area contributed by atoms with Crippen molar-refractivity contribution >= 4 is 28.6 Å². The predicted molar refractivity (Wildman–Crippen MR) is 129 cm³/mol. The van der Waals surface area contributed by atoms with Crippen LogP contribution in [0.2, 0.25) is 5.02 Å². The van der Waals surface area contributed by atoms with Crippen LogP contribution in [0.5, 0.6) is 5.75 Å². The van der Waals surface area contributed by atoms with Crippen LogP contribution in [0.3, 0.4) is 0 Å². The molecule has 0 atom stereocenters. The Balaban J connectivity index is 1.39. The topological polar surface area (TPSA) is 53.2 Å². The van der Waals surface area contributed by atoms with Crippen LogP contribution in [0.4, 0.5) is 11.4 Å². The number of hydrogen-bond donors (Lipinski definition) is 1. The molecule has 0 saturated carbocycles. The number of hydrogen-bond acceptors (Lipinski definition) is 5. The van der Waals surface area contributed by atoms with Crippen LogP contribution in [-0.4, -0.2) is 47.8 Å². The standard InChI is InChI=1S/C25H25ClN4O2/c1-32-24-13-18(17-31)21(15-22(24)26)23-16-30-8-7-20(14-25(30)27-23)29-11-9-28(10-12-29)19-5-3-2-4-6-19/h2-8,13-16,31H,9-12,17H2,1H3. The number of ether oxygens (including phenoxy) is 1. The van der Waals surface area contributed by atoms with Crippen LogP contribution >= 0.6 is 11.6 Å². The van der Waals surface area contributed by atoms with Crippen molar-refractivity contribution in [3.8, 4) is 17.0 Å². The van der Waals surface area contributed by atoms with Crippen molar-refractivity contribution in [3.05, 3.63) is 77.6 Å². The zero-order valence-electron chi connectivity index (χ0n) is 17.9. The van der Waals surface area contributed by atoms with Gasteiger partial charge in [0.25, 0.3) is 0 Å². The summed E-state index contributed by atoms with van der Waals surface area (Å²) in [4.78, 5) is 9.64. The second-order valence-corrected chi connectivity index (χ2v) is 8.30. The second kappa shape index (κ2) is 8.73. The van der Waals surface area contributed by atoms with Gasteiger partial charge in [0.05, 0.1) is 24.4 Å². The van der Waals surface area contributed by atoms with Gasteiger partial charge in [-0.1, -0.05) is 29.8 Å². The van der Waals surface area contributed by atoms with E-state index >= 15 is 0 Å². The van der Waals surface area contributed by atoms with Crippen LogP contribution < -0.4 is 14.5 Å². The monoisotopic (exact) mass is 448 g/mol. The summed E-state index contributed by atoms with van der Waals surface area (Å²) in [6.07, 6.45) is 4.00. The van der Waals surface area contributed by atoms with E-state index in [1.165, 1.54) is 5.69 Å². The Labute approximate surface area is 192 Å². The zero-order chi connectivity index (χ0) is 22.1. The number of anilines is 2. The number of fused-ring (bicyclic) bond motifs is 1. The fourth-order valence-corrected chi connectivity index (χ4v) is 4.52. The third-order valence-electron chi connectivity index (χ3n) is 6.03. The Bertz CT molecular complexity index is 1230. The highest BCUT2D eigenvalue weighted by molar-refractivity contribution is 6.32. The number of imidazole rings is 1. The summed E-state index contributed by atoms with van der Waals surface area (Å²) in [6, 6.07) is 18.4. The lowest BCUT2D eigenvalue weighted by Crippen LogP contribution is -2.46. The molecule has 0 unspecified atom stereocenters. The van der Waals surface area contributed by atoms with Crippen molar-refractivity contribution in [3.63, 3.8) is 0 Å². The fourth-order valence-electron chi connectivity index (χ4n) is 4.28. The third kappa shape index (κ3) is 3.87. The molecule has 5 rings (SSSR count). The molecule has 0 spiro atoms. The summed E-state index contributed by atoms with van der Waals surface area (Å²) in [7, 11) is 1.56. The number of aromatic nitrogens is 2. The molecule has 3 heterocycles. The average molecular weight is 449 g/mol. The Morgan fingerprint density at radius 3 is 2.38 bits per heavy atom. The number of nitrogens with zero attached hydrogens (tertiary/aromatic N) is 4. The van der Waals surface area contributed by atoms with Crippen molar-refractivity contribution in [2.75, 3.05) is 43.1 Å².